The van der Waals surface area contributed by atoms with E-state index in [4.69, 9.17) is 0 Å². The zero-order chi connectivity index (χ0) is 26.2. The van der Waals surface area contributed by atoms with Crippen molar-refractivity contribution in [2.24, 2.45) is 0 Å². The molecule has 38 heavy (non-hydrogen) atoms. The van der Waals surface area contributed by atoms with Crippen LogP contribution in [0, 0.1) is 6.92 Å². The molecule has 5 aromatic carbocycles. The minimum atomic E-state index is 1.19. The van der Waals surface area contributed by atoms with Crippen molar-refractivity contribution in [1.82, 2.24) is 4.57 Å². The topological polar surface area (TPSA) is 4.93 Å². The summed E-state index contributed by atoms with van der Waals surface area (Å²) in [6.07, 6.45) is 4.41. The quantitative estimate of drug-likeness (QED) is 0.223. The molecule has 1 nitrogen and oxygen atoms in total. The first kappa shape index (κ1) is 24.2. The molecular formula is C36H31NS. The van der Waals surface area contributed by atoms with Crippen molar-refractivity contribution in [3.63, 3.8) is 0 Å². The van der Waals surface area contributed by atoms with Crippen molar-refractivity contribution < 1.29 is 0 Å². The monoisotopic (exact) mass is 509 g/mol. The first-order valence-corrected chi connectivity index (χ1v) is 14.2. The first-order valence-electron chi connectivity index (χ1n) is 13.4. The molecule has 2 aromatic heterocycles. The molecule has 0 atom stereocenters. The molecule has 186 valence electrons. The number of hydrogen-bond acceptors (Lipinski definition) is 1. The fraction of sp³-hybridized carbons (Fsp3) is 0.111. The predicted molar refractivity (Wildman–Crippen MR) is 170 cm³/mol. The molecule has 0 saturated carbocycles. The third-order valence-electron chi connectivity index (χ3n) is 7.26. The van der Waals surface area contributed by atoms with E-state index >= 15 is 0 Å². The Balaban J connectivity index is 0.00000129. The molecule has 7 aromatic rings. The summed E-state index contributed by atoms with van der Waals surface area (Å²) in [4.78, 5) is 0. The minimum absolute atomic E-state index is 1.19. The molecule has 0 radical (unpaired) electrons. The van der Waals surface area contributed by atoms with E-state index < -0.39 is 0 Å². The lowest BCUT2D eigenvalue weighted by molar-refractivity contribution is 1.19. The van der Waals surface area contributed by atoms with Crippen LogP contribution in [0.1, 0.15) is 31.9 Å². The summed E-state index contributed by atoms with van der Waals surface area (Å²) in [7, 11) is 0. The van der Waals surface area contributed by atoms with Gasteiger partial charge in [0.15, 0.2) is 0 Å². The molecule has 0 fully saturated rings. The van der Waals surface area contributed by atoms with Gasteiger partial charge in [0.05, 0.1) is 15.7 Å². The molecule has 0 bridgehead atoms. The summed E-state index contributed by atoms with van der Waals surface area (Å²) in [5, 5.41) is 5.31. The Morgan fingerprint density at radius 3 is 2.11 bits per heavy atom. The first-order chi connectivity index (χ1) is 18.7. The van der Waals surface area contributed by atoms with E-state index in [1.807, 2.05) is 25.2 Å². The van der Waals surface area contributed by atoms with E-state index in [1.54, 1.807) is 0 Å². The maximum atomic E-state index is 2.48. The highest BCUT2D eigenvalue weighted by Gasteiger charge is 2.20. The van der Waals surface area contributed by atoms with Gasteiger partial charge in [0.1, 0.15) is 0 Å². The van der Waals surface area contributed by atoms with Crippen LogP contribution in [0.15, 0.2) is 109 Å². The van der Waals surface area contributed by atoms with Gasteiger partial charge in [-0.05, 0) is 60.4 Å². The number of aromatic nitrogens is 1. The van der Waals surface area contributed by atoms with Gasteiger partial charge in [-0.25, -0.2) is 0 Å². The Hall–Kier alpha value is -4.14. The van der Waals surface area contributed by atoms with Gasteiger partial charge in [-0.1, -0.05) is 105 Å². The third kappa shape index (κ3) is 3.76. The summed E-state index contributed by atoms with van der Waals surface area (Å²) >= 11 is 1.90. The largest absolute Gasteiger partial charge is 0.308 e. The Morgan fingerprint density at radius 2 is 1.34 bits per heavy atom. The summed E-state index contributed by atoms with van der Waals surface area (Å²) in [5.41, 5.74) is 8.82. The zero-order valence-electron chi connectivity index (χ0n) is 22.3. The number of hydrogen-bond donors (Lipinski definition) is 0. The maximum Gasteiger partial charge on any atom is 0.0719 e. The van der Waals surface area contributed by atoms with Crippen LogP contribution in [0.4, 0.5) is 0 Å². The molecule has 0 saturated heterocycles. The number of allylic oxidation sites excluding steroid dienone is 1. The Bertz CT molecular complexity index is 1930. The number of rotatable bonds is 3. The molecule has 0 amide bonds. The highest BCUT2D eigenvalue weighted by molar-refractivity contribution is 7.26. The Morgan fingerprint density at radius 1 is 0.658 bits per heavy atom. The lowest BCUT2D eigenvalue weighted by Gasteiger charge is -2.11. The molecule has 0 aliphatic heterocycles. The highest BCUT2D eigenvalue weighted by atomic mass is 32.1. The van der Waals surface area contributed by atoms with Gasteiger partial charge in [0, 0.05) is 31.9 Å². The van der Waals surface area contributed by atoms with Crippen LogP contribution in [-0.2, 0) is 0 Å². The number of thiophene rings is 1. The van der Waals surface area contributed by atoms with Crippen LogP contribution in [-0.4, -0.2) is 4.57 Å². The van der Waals surface area contributed by atoms with Crippen LogP contribution in [0.2, 0.25) is 0 Å². The predicted octanol–water partition coefficient (Wildman–Crippen LogP) is 11.2. The molecule has 2 heterocycles. The van der Waals surface area contributed by atoms with E-state index in [-0.39, 0.29) is 0 Å². The summed E-state index contributed by atoms with van der Waals surface area (Å²) < 4.78 is 5.16. The number of nitrogens with zero attached hydrogens (tertiary/aromatic N) is 1. The summed E-state index contributed by atoms with van der Waals surface area (Å²) in [6.45, 7) is 8.31. The number of fused-ring (bicyclic) bond motifs is 7. The van der Waals surface area contributed by atoms with Crippen molar-refractivity contribution in [3.05, 3.63) is 120 Å². The van der Waals surface area contributed by atoms with E-state index in [1.165, 1.54) is 69.9 Å². The van der Waals surface area contributed by atoms with Gasteiger partial charge < -0.3 is 4.57 Å². The zero-order valence-corrected chi connectivity index (χ0v) is 23.1. The lowest BCUT2D eigenvalue weighted by Crippen LogP contribution is -1.94. The fourth-order valence-corrected chi connectivity index (χ4v) is 6.82. The van der Waals surface area contributed by atoms with Gasteiger partial charge in [-0.3, -0.25) is 0 Å². The molecule has 0 aliphatic rings. The fourth-order valence-electron chi connectivity index (χ4n) is 5.58. The van der Waals surface area contributed by atoms with Crippen molar-refractivity contribution in [1.29, 1.82) is 0 Å². The smallest absolute Gasteiger partial charge is 0.0719 e. The van der Waals surface area contributed by atoms with E-state index in [2.05, 4.69) is 134 Å². The number of benzene rings is 5. The summed E-state index contributed by atoms with van der Waals surface area (Å²) in [5.74, 6) is 0. The molecule has 0 aliphatic carbocycles. The van der Waals surface area contributed by atoms with Gasteiger partial charge in [-0.2, -0.15) is 0 Å². The van der Waals surface area contributed by atoms with Crippen LogP contribution in [0.25, 0.3) is 64.9 Å². The van der Waals surface area contributed by atoms with Gasteiger partial charge >= 0.3 is 0 Å². The molecule has 7 rings (SSSR count). The van der Waals surface area contributed by atoms with Crippen LogP contribution >= 0.6 is 11.3 Å². The second-order valence-corrected chi connectivity index (χ2v) is 10.4. The Kier molecular flexibility index (Phi) is 6.35. The number of aryl methyl sites for hydroxylation is 1. The molecule has 0 unspecified atom stereocenters. The minimum Gasteiger partial charge on any atom is -0.308 e. The van der Waals surface area contributed by atoms with Crippen molar-refractivity contribution in [2.45, 2.75) is 27.7 Å². The van der Waals surface area contributed by atoms with E-state index in [9.17, 15) is 0 Å². The van der Waals surface area contributed by atoms with Crippen molar-refractivity contribution >= 4 is 59.4 Å². The lowest BCUT2D eigenvalue weighted by atomic mass is 10.0. The average molecular weight is 510 g/mol. The SMILES string of the molecule is C/C=C\c1c(C)ccc2c1c1ccc3c4ccccc4sc3c1n2-c1ccc(-c2ccccc2)cc1.CC. The van der Waals surface area contributed by atoms with Crippen molar-refractivity contribution in [3.8, 4) is 16.8 Å². The molecular weight excluding hydrogens is 478 g/mol. The van der Waals surface area contributed by atoms with Crippen molar-refractivity contribution in [2.75, 3.05) is 0 Å². The van der Waals surface area contributed by atoms with Crippen LogP contribution in [0.5, 0.6) is 0 Å². The van der Waals surface area contributed by atoms with E-state index in [0.29, 0.717) is 0 Å². The van der Waals surface area contributed by atoms with Gasteiger partial charge in [0.2, 0.25) is 0 Å². The van der Waals surface area contributed by atoms with Crippen LogP contribution < -0.4 is 0 Å². The average Bonchev–Trinajstić information content (AvgIpc) is 3.52. The Labute approximate surface area is 228 Å². The van der Waals surface area contributed by atoms with E-state index in [0.717, 1.165) is 0 Å². The highest BCUT2D eigenvalue weighted by Crippen LogP contribution is 2.44. The molecule has 0 N–H and O–H groups in total. The third-order valence-corrected chi connectivity index (χ3v) is 8.46. The normalized spacial score (nSPS) is 11.6. The second kappa shape index (κ2) is 9.96. The molecule has 2 heteroatoms. The standard InChI is InChI=1S/C34H25NS.C2H6/c1-3-9-26-22(2)14-21-30-32(26)29-20-19-28-27-12-7-8-13-31(27)36-34(28)33(29)35(30)25-17-15-24(16-18-25)23-10-5-4-6-11-23;1-2/h3-21H,1-2H3;1-2H3/b9-3-;. The summed E-state index contributed by atoms with van der Waals surface area (Å²) in [6, 6.07) is 37.6. The van der Waals surface area contributed by atoms with Gasteiger partial charge in [-0.15, -0.1) is 11.3 Å². The van der Waals surface area contributed by atoms with Gasteiger partial charge in [0.25, 0.3) is 0 Å². The second-order valence-electron chi connectivity index (χ2n) is 9.38. The molecule has 0 spiro atoms. The van der Waals surface area contributed by atoms with Crippen LogP contribution in [0.3, 0.4) is 0 Å². The maximum absolute atomic E-state index is 2.48.